The molecular formula is C10H8F3NO. The summed E-state index contributed by atoms with van der Waals surface area (Å²) < 4.78 is 39.7. The molecule has 0 aliphatic heterocycles. The fraction of sp³-hybridized carbons (Fsp3) is 0.300. The molecule has 1 rings (SSSR count). The number of nitrogens with zero attached hydrogens (tertiary/aromatic N) is 1. The largest absolute Gasteiger partial charge is 0.573 e. The van der Waals surface area contributed by atoms with Crippen LogP contribution in [0.4, 0.5) is 13.2 Å². The lowest BCUT2D eigenvalue weighted by Gasteiger charge is -2.11. The summed E-state index contributed by atoms with van der Waals surface area (Å²) in [5.74, 6) is -0.236. The first kappa shape index (κ1) is 11.4. The Hall–Kier alpha value is -1.70. The summed E-state index contributed by atoms with van der Waals surface area (Å²) in [6.07, 6.45) is -4.27. The third-order valence-electron chi connectivity index (χ3n) is 1.70. The first-order valence-electron chi connectivity index (χ1n) is 4.23. The number of para-hydroxylation sites is 1. The third kappa shape index (κ3) is 3.90. The van der Waals surface area contributed by atoms with Gasteiger partial charge in [-0.15, -0.1) is 13.2 Å². The summed E-state index contributed by atoms with van der Waals surface area (Å²) in [6, 6.07) is 7.68. The average molecular weight is 215 g/mol. The van der Waals surface area contributed by atoms with E-state index in [0.29, 0.717) is 5.56 Å². The molecule has 0 radical (unpaired) electrons. The molecule has 0 aliphatic carbocycles. The van der Waals surface area contributed by atoms with Crippen LogP contribution in [0.2, 0.25) is 0 Å². The Labute approximate surface area is 84.9 Å². The second kappa shape index (κ2) is 4.69. The summed E-state index contributed by atoms with van der Waals surface area (Å²) in [5.41, 5.74) is 0.386. The van der Waals surface area contributed by atoms with Crippen molar-refractivity contribution >= 4 is 0 Å². The maximum absolute atomic E-state index is 12.0. The van der Waals surface area contributed by atoms with Crippen molar-refractivity contribution in [3.05, 3.63) is 29.8 Å². The first-order valence-corrected chi connectivity index (χ1v) is 4.23. The van der Waals surface area contributed by atoms with Gasteiger partial charge in [-0.1, -0.05) is 18.2 Å². The molecule has 0 N–H and O–H groups in total. The topological polar surface area (TPSA) is 33.0 Å². The Morgan fingerprint density at radius 3 is 2.53 bits per heavy atom. The van der Waals surface area contributed by atoms with Crippen molar-refractivity contribution in [2.45, 2.75) is 19.2 Å². The third-order valence-corrected chi connectivity index (χ3v) is 1.70. The molecule has 5 heteroatoms. The smallest absolute Gasteiger partial charge is 0.406 e. The van der Waals surface area contributed by atoms with E-state index in [2.05, 4.69) is 4.74 Å². The van der Waals surface area contributed by atoms with Crippen molar-refractivity contribution < 1.29 is 17.9 Å². The summed E-state index contributed by atoms with van der Waals surface area (Å²) in [7, 11) is 0. The number of alkyl halides is 3. The van der Waals surface area contributed by atoms with Crippen molar-refractivity contribution in [3.8, 4) is 11.8 Å². The zero-order chi connectivity index (χ0) is 11.3. The fourth-order valence-electron chi connectivity index (χ4n) is 1.13. The van der Waals surface area contributed by atoms with Crippen molar-refractivity contribution in [2.75, 3.05) is 0 Å². The van der Waals surface area contributed by atoms with Gasteiger partial charge < -0.3 is 4.74 Å². The Morgan fingerprint density at radius 2 is 1.93 bits per heavy atom. The molecule has 0 amide bonds. The number of nitriles is 1. The van der Waals surface area contributed by atoms with Crippen molar-refractivity contribution in [1.29, 1.82) is 5.26 Å². The number of rotatable bonds is 3. The summed E-state index contributed by atoms with van der Waals surface area (Å²) >= 11 is 0. The van der Waals surface area contributed by atoms with Crippen LogP contribution in [-0.2, 0) is 6.42 Å². The minimum Gasteiger partial charge on any atom is -0.406 e. The molecule has 80 valence electrons. The highest BCUT2D eigenvalue weighted by atomic mass is 19.4. The van der Waals surface area contributed by atoms with Crippen LogP contribution < -0.4 is 4.74 Å². The van der Waals surface area contributed by atoms with Gasteiger partial charge in [0.05, 0.1) is 6.07 Å². The number of aryl methyl sites for hydroxylation is 1. The SMILES string of the molecule is N#CCCc1ccccc1OC(F)(F)F. The van der Waals surface area contributed by atoms with E-state index >= 15 is 0 Å². The molecule has 0 heterocycles. The number of ether oxygens (including phenoxy) is 1. The second-order valence-electron chi connectivity index (χ2n) is 2.81. The Balaban J connectivity index is 2.82. The molecular weight excluding hydrogens is 207 g/mol. The van der Waals surface area contributed by atoms with Crippen molar-refractivity contribution in [1.82, 2.24) is 0 Å². The average Bonchev–Trinajstić information content (AvgIpc) is 2.14. The molecule has 1 aromatic carbocycles. The van der Waals surface area contributed by atoms with Crippen LogP contribution in [0.3, 0.4) is 0 Å². The van der Waals surface area contributed by atoms with E-state index in [1.54, 1.807) is 6.07 Å². The quantitative estimate of drug-likeness (QED) is 0.776. The Kier molecular flexibility index (Phi) is 3.56. The summed E-state index contributed by atoms with van der Waals surface area (Å²) in [4.78, 5) is 0. The minimum atomic E-state index is -4.69. The molecule has 0 aromatic heterocycles. The first-order chi connectivity index (χ1) is 7.03. The molecule has 0 bridgehead atoms. The van der Waals surface area contributed by atoms with Gasteiger partial charge in [-0.3, -0.25) is 0 Å². The fourth-order valence-corrected chi connectivity index (χ4v) is 1.13. The molecule has 0 atom stereocenters. The lowest BCUT2D eigenvalue weighted by molar-refractivity contribution is -0.274. The molecule has 0 aliphatic rings. The number of hydrogen-bond donors (Lipinski definition) is 0. The highest BCUT2D eigenvalue weighted by molar-refractivity contribution is 5.33. The van der Waals surface area contributed by atoms with Gasteiger partial charge in [0.15, 0.2) is 0 Å². The maximum atomic E-state index is 12.0. The monoisotopic (exact) mass is 215 g/mol. The highest BCUT2D eigenvalue weighted by Gasteiger charge is 2.31. The van der Waals surface area contributed by atoms with Gasteiger partial charge in [-0.05, 0) is 18.1 Å². The Morgan fingerprint density at radius 1 is 1.27 bits per heavy atom. The molecule has 0 fully saturated rings. The molecule has 0 spiro atoms. The van der Waals surface area contributed by atoms with E-state index in [9.17, 15) is 13.2 Å². The van der Waals surface area contributed by atoms with Gasteiger partial charge in [0.1, 0.15) is 5.75 Å². The highest BCUT2D eigenvalue weighted by Crippen LogP contribution is 2.26. The van der Waals surface area contributed by atoms with Gasteiger partial charge >= 0.3 is 6.36 Å². The van der Waals surface area contributed by atoms with Crippen LogP contribution in [-0.4, -0.2) is 6.36 Å². The van der Waals surface area contributed by atoms with Crippen LogP contribution in [0, 0.1) is 11.3 Å². The van der Waals surface area contributed by atoms with Crippen LogP contribution >= 0.6 is 0 Å². The van der Waals surface area contributed by atoms with E-state index < -0.39 is 6.36 Å². The number of halogens is 3. The van der Waals surface area contributed by atoms with E-state index in [4.69, 9.17) is 5.26 Å². The van der Waals surface area contributed by atoms with Gasteiger partial charge in [0, 0.05) is 6.42 Å². The van der Waals surface area contributed by atoms with E-state index in [1.807, 2.05) is 6.07 Å². The zero-order valence-corrected chi connectivity index (χ0v) is 7.71. The molecule has 1 aromatic rings. The molecule has 0 saturated carbocycles. The predicted octanol–water partition coefficient (Wildman–Crippen LogP) is 3.04. The standard InChI is InChI=1S/C10H8F3NO/c11-10(12,13)15-9-6-2-1-4-8(9)5-3-7-14/h1-2,4,6H,3,5H2. The summed E-state index contributed by atoms with van der Waals surface area (Å²) in [5, 5.41) is 8.34. The normalized spacial score (nSPS) is 10.8. The lowest BCUT2D eigenvalue weighted by atomic mass is 10.1. The van der Waals surface area contributed by atoms with Gasteiger partial charge in [0.25, 0.3) is 0 Å². The van der Waals surface area contributed by atoms with Crippen LogP contribution in [0.15, 0.2) is 24.3 Å². The van der Waals surface area contributed by atoms with Gasteiger partial charge in [-0.2, -0.15) is 5.26 Å². The molecule has 0 unspecified atom stereocenters. The van der Waals surface area contributed by atoms with Crippen LogP contribution in [0.5, 0.6) is 5.75 Å². The Bertz CT molecular complexity index is 368. The molecule has 0 saturated heterocycles. The van der Waals surface area contributed by atoms with Gasteiger partial charge in [-0.25, -0.2) is 0 Å². The maximum Gasteiger partial charge on any atom is 0.573 e. The lowest BCUT2D eigenvalue weighted by Crippen LogP contribution is -2.18. The predicted molar refractivity (Wildman–Crippen MR) is 47.1 cm³/mol. The van der Waals surface area contributed by atoms with Gasteiger partial charge in [0.2, 0.25) is 0 Å². The van der Waals surface area contributed by atoms with E-state index in [1.165, 1.54) is 18.2 Å². The molecule has 15 heavy (non-hydrogen) atoms. The van der Waals surface area contributed by atoms with Crippen LogP contribution in [0.1, 0.15) is 12.0 Å². The van der Waals surface area contributed by atoms with Crippen LogP contribution in [0.25, 0.3) is 0 Å². The van der Waals surface area contributed by atoms with Crippen molar-refractivity contribution in [3.63, 3.8) is 0 Å². The molecule has 2 nitrogen and oxygen atoms in total. The zero-order valence-electron chi connectivity index (χ0n) is 7.71. The second-order valence-corrected chi connectivity index (χ2v) is 2.81. The minimum absolute atomic E-state index is 0.165. The summed E-state index contributed by atoms with van der Waals surface area (Å²) in [6.45, 7) is 0. The van der Waals surface area contributed by atoms with Crippen molar-refractivity contribution in [2.24, 2.45) is 0 Å². The van der Waals surface area contributed by atoms with E-state index in [-0.39, 0.29) is 18.6 Å². The van der Waals surface area contributed by atoms with E-state index in [0.717, 1.165) is 0 Å². The number of hydrogen-bond acceptors (Lipinski definition) is 2. The number of benzene rings is 1.